The van der Waals surface area contributed by atoms with Gasteiger partial charge in [-0.25, -0.2) is 9.37 Å². The molecule has 2 aliphatic rings. The zero-order chi connectivity index (χ0) is 18.8. The summed E-state index contributed by atoms with van der Waals surface area (Å²) in [5, 5.41) is 0. The Kier molecular flexibility index (Phi) is 3.45. The average Bonchev–Trinajstić information content (AvgIpc) is 3.32. The number of halogens is 2. The van der Waals surface area contributed by atoms with Gasteiger partial charge in [-0.15, -0.1) is 0 Å². The van der Waals surface area contributed by atoms with Gasteiger partial charge in [0, 0.05) is 17.5 Å². The van der Waals surface area contributed by atoms with E-state index in [-0.39, 0.29) is 11.9 Å². The maximum atomic E-state index is 14.0. The topological polar surface area (TPSA) is 27.1 Å². The first-order chi connectivity index (χ1) is 13.7. The van der Waals surface area contributed by atoms with Crippen molar-refractivity contribution in [1.29, 1.82) is 0 Å². The fourth-order valence-electron chi connectivity index (χ4n) is 4.52. The van der Waals surface area contributed by atoms with Gasteiger partial charge in [-0.2, -0.15) is 0 Å². The van der Waals surface area contributed by atoms with Crippen molar-refractivity contribution in [2.75, 3.05) is 0 Å². The third-order valence-electron chi connectivity index (χ3n) is 5.82. The van der Waals surface area contributed by atoms with E-state index in [1.165, 1.54) is 6.07 Å². The second kappa shape index (κ2) is 5.92. The number of benzene rings is 3. The molecule has 0 bridgehead atoms. The minimum atomic E-state index is -0.277. The van der Waals surface area contributed by atoms with Crippen LogP contribution in [0.2, 0.25) is 0 Å². The van der Waals surface area contributed by atoms with Crippen molar-refractivity contribution in [3.8, 4) is 11.5 Å². The summed E-state index contributed by atoms with van der Waals surface area (Å²) in [6.45, 7) is 0. The van der Waals surface area contributed by atoms with E-state index >= 15 is 0 Å². The molecule has 0 unspecified atom stereocenters. The predicted octanol–water partition coefficient (Wildman–Crippen LogP) is 6.44. The van der Waals surface area contributed by atoms with Gasteiger partial charge in [0.2, 0.25) is 0 Å². The van der Waals surface area contributed by atoms with Crippen LogP contribution in [0.1, 0.15) is 29.8 Å². The highest BCUT2D eigenvalue weighted by Gasteiger charge is 2.55. The molecule has 1 aliphatic carbocycles. The van der Waals surface area contributed by atoms with E-state index < -0.39 is 0 Å². The molecule has 1 aromatic heterocycles. The summed E-state index contributed by atoms with van der Waals surface area (Å²) in [6, 6.07) is 21.6. The van der Waals surface area contributed by atoms with Crippen molar-refractivity contribution in [1.82, 2.24) is 9.55 Å². The SMILES string of the molecule is Fc1cc2nc3n(c2cc1Br)[C@@H](c1ccccc1Oc1ccccc1)[C@@H]1C[C@H]31. The van der Waals surface area contributed by atoms with Crippen molar-refractivity contribution in [2.45, 2.75) is 18.4 Å². The Labute approximate surface area is 169 Å². The molecule has 0 radical (unpaired) electrons. The van der Waals surface area contributed by atoms with E-state index in [0.29, 0.717) is 21.8 Å². The van der Waals surface area contributed by atoms with Crippen LogP contribution in [0.4, 0.5) is 4.39 Å². The van der Waals surface area contributed by atoms with Gasteiger partial charge in [0.25, 0.3) is 0 Å². The molecule has 1 aliphatic heterocycles. The maximum Gasteiger partial charge on any atom is 0.139 e. The van der Waals surface area contributed by atoms with Crippen LogP contribution in [0.5, 0.6) is 11.5 Å². The Bertz CT molecular complexity index is 1220. The fraction of sp³-hybridized carbons (Fsp3) is 0.174. The van der Waals surface area contributed by atoms with Crippen LogP contribution < -0.4 is 4.74 Å². The van der Waals surface area contributed by atoms with E-state index in [1.54, 1.807) is 0 Å². The van der Waals surface area contributed by atoms with Crippen molar-refractivity contribution in [2.24, 2.45) is 5.92 Å². The van der Waals surface area contributed by atoms with Gasteiger partial charge in [-0.05, 0) is 52.5 Å². The Balaban J connectivity index is 1.51. The monoisotopic (exact) mass is 434 g/mol. The van der Waals surface area contributed by atoms with Gasteiger partial charge < -0.3 is 9.30 Å². The van der Waals surface area contributed by atoms with Crippen LogP contribution >= 0.6 is 15.9 Å². The van der Waals surface area contributed by atoms with E-state index in [9.17, 15) is 4.39 Å². The molecule has 28 heavy (non-hydrogen) atoms. The number of rotatable bonds is 3. The molecule has 3 aromatic carbocycles. The summed E-state index contributed by atoms with van der Waals surface area (Å²) in [5.41, 5.74) is 2.83. The van der Waals surface area contributed by atoms with Crippen molar-refractivity contribution < 1.29 is 9.13 Å². The van der Waals surface area contributed by atoms with Crippen LogP contribution in [0.25, 0.3) is 11.0 Å². The first-order valence-corrected chi connectivity index (χ1v) is 10.2. The lowest BCUT2D eigenvalue weighted by molar-refractivity contribution is 0.457. The first-order valence-electron chi connectivity index (χ1n) is 9.39. The molecule has 138 valence electrons. The molecular formula is C23H16BrFN2O. The third-order valence-corrected chi connectivity index (χ3v) is 6.43. The van der Waals surface area contributed by atoms with E-state index in [4.69, 9.17) is 9.72 Å². The summed E-state index contributed by atoms with van der Waals surface area (Å²) in [5.74, 6) is 3.44. The lowest BCUT2D eigenvalue weighted by atomic mass is 10.0. The number of aromatic nitrogens is 2. The number of hydrogen-bond acceptors (Lipinski definition) is 2. The molecule has 4 aromatic rings. The summed E-state index contributed by atoms with van der Waals surface area (Å²) in [7, 11) is 0. The van der Waals surface area contributed by atoms with E-state index in [2.05, 4.69) is 32.6 Å². The second-order valence-electron chi connectivity index (χ2n) is 7.50. The van der Waals surface area contributed by atoms with Gasteiger partial charge in [0.15, 0.2) is 0 Å². The Hall–Kier alpha value is -2.66. The smallest absolute Gasteiger partial charge is 0.139 e. The van der Waals surface area contributed by atoms with Gasteiger partial charge in [0.05, 0.1) is 21.5 Å². The Morgan fingerprint density at radius 2 is 1.82 bits per heavy atom. The van der Waals surface area contributed by atoms with Gasteiger partial charge in [0.1, 0.15) is 23.1 Å². The summed E-state index contributed by atoms with van der Waals surface area (Å²) >= 11 is 3.33. The Morgan fingerprint density at radius 3 is 2.68 bits per heavy atom. The van der Waals surface area contributed by atoms with Gasteiger partial charge >= 0.3 is 0 Å². The molecule has 3 atom stereocenters. The number of nitrogens with zero attached hydrogens (tertiary/aromatic N) is 2. The molecule has 0 spiro atoms. The third kappa shape index (κ3) is 2.35. The maximum absolute atomic E-state index is 14.0. The number of ether oxygens (including phenoxy) is 1. The largest absolute Gasteiger partial charge is 0.457 e. The Morgan fingerprint density at radius 1 is 1.04 bits per heavy atom. The molecule has 5 heteroatoms. The summed E-state index contributed by atoms with van der Waals surface area (Å²) in [4.78, 5) is 4.77. The number of hydrogen-bond donors (Lipinski definition) is 0. The van der Waals surface area contributed by atoms with Crippen molar-refractivity contribution >= 4 is 27.0 Å². The van der Waals surface area contributed by atoms with E-state index in [0.717, 1.165) is 34.8 Å². The van der Waals surface area contributed by atoms with Crippen LogP contribution in [-0.4, -0.2) is 9.55 Å². The molecule has 6 rings (SSSR count). The lowest BCUT2D eigenvalue weighted by Crippen LogP contribution is -2.11. The molecule has 1 saturated carbocycles. The van der Waals surface area contributed by atoms with E-state index in [1.807, 2.05) is 48.5 Å². The van der Waals surface area contributed by atoms with Gasteiger partial charge in [-0.3, -0.25) is 0 Å². The zero-order valence-electron chi connectivity index (χ0n) is 14.8. The number of imidazole rings is 1. The summed E-state index contributed by atoms with van der Waals surface area (Å²) in [6.07, 6.45) is 1.12. The van der Waals surface area contributed by atoms with Gasteiger partial charge in [-0.1, -0.05) is 36.4 Å². The molecule has 3 nitrogen and oxygen atoms in total. The van der Waals surface area contributed by atoms with Crippen LogP contribution in [0.3, 0.4) is 0 Å². The molecule has 0 saturated heterocycles. The molecule has 0 amide bonds. The number of fused-ring (bicyclic) bond motifs is 5. The van der Waals surface area contributed by atoms with Crippen molar-refractivity contribution in [3.05, 3.63) is 88.4 Å². The van der Waals surface area contributed by atoms with Crippen molar-refractivity contribution in [3.63, 3.8) is 0 Å². The molecular weight excluding hydrogens is 419 g/mol. The normalized spacial score (nSPS) is 22.1. The minimum absolute atomic E-state index is 0.155. The second-order valence-corrected chi connectivity index (χ2v) is 8.35. The highest BCUT2D eigenvalue weighted by Crippen LogP contribution is 2.63. The predicted molar refractivity (Wildman–Crippen MR) is 109 cm³/mol. The minimum Gasteiger partial charge on any atom is -0.457 e. The lowest BCUT2D eigenvalue weighted by Gasteiger charge is -2.21. The standard InChI is InChI=1S/C23H16BrFN2O/c24-17-11-20-19(12-18(17)25)26-23-16-10-15(16)22(27(20)23)14-8-4-5-9-21(14)28-13-6-2-1-3-7-13/h1-9,11-12,15-16,22H,10H2/t15-,16+,22+/m1/s1. The summed E-state index contributed by atoms with van der Waals surface area (Å²) < 4.78 is 23.0. The molecule has 1 fully saturated rings. The molecule has 0 N–H and O–H groups in total. The van der Waals surface area contributed by atoms with Crippen LogP contribution in [0.15, 0.2) is 71.2 Å². The highest BCUT2D eigenvalue weighted by molar-refractivity contribution is 9.10. The highest BCUT2D eigenvalue weighted by atomic mass is 79.9. The quantitative estimate of drug-likeness (QED) is 0.371. The van der Waals surface area contributed by atoms with Crippen LogP contribution in [0, 0.1) is 11.7 Å². The number of para-hydroxylation sites is 2. The molecule has 2 heterocycles. The average molecular weight is 435 g/mol. The zero-order valence-corrected chi connectivity index (χ0v) is 16.4. The van der Waals surface area contributed by atoms with Crippen LogP contribution in [-0.2, 0) is 0 Å². The first kappa shape index (κ1) is 16.3. The fourth-order valence-corrected chi connectivity index (χ4v) is 4.85.